The molecule has 0 aliphatic carbocycles. The molecule has 1 rings (SSSR count). The van der Waals surface area contributed by atoms with Crippen LogP contribution in [0.5, 0.6) is 0 Å². The number of ether oxygens (including phenoxy) is 2. The van der Waals surface area contributed by atoms with Crippen molar-refractivity contribution < 1.29 is 14.3 Å². The Bertz CT molecular complexity index is 138. The third-order valence-corrected chi connectivity index (χ3v) is 1.62. The Labute approximate surface area is 65.9 Å². The minimum absolute atomic E-state index is 0.0201. The smallest absolute Gasteiger partial charge is 0.249 e. The fourth-order valence-electron chi connectivity index (χ4n) is 1.05. The van der Waals surface area contributed by atoms with Gasteiger partial charge in [0, 0.05) is 13.7 Å². The summed E-state index contributed by atoms with van der Waals surface area (Å²) in [6.45, 7) is 0.962. The summed E-state index contributed by atoms with van der Waals surface area (Å²) in [6, 6.07) is 0. The zero-order valence-electron chi connectivity index (χ0n) is 6.63. The molecule has 0 radical (unpaired) electrons. The normalized spacial score (nSPS) is 24.8. The SMILES string of the molecule is COCO[C@@H]1CCCNC1=O. The minimum Gasteiger partial charge on any atom is -0.359 e. The molecule has 11 heavy (non-hydrogen) atoms. The fraction of sp³-hybridized carbons (Fsp3) is 0.857. The van der Waals surface area contributed by atoms with Crippen LogP contribution in [0.1, 0.15) is 12.8 Å². The molecule has 64 valence electrons. The van der Waals surface area contributed by atoms with Crippen LogP contribution in [0, 0.1) is 0 Å². The molecule has 1 atom stereocenters. The quantitative estimate of drug-likeness (QED) is 0.584. The third kappa shape index (κ3) is 2.48. The monoisotopic (exact) mass is 159 g/mol. The topological polar surface area (TPSA) is 47.6 Å². The van der Waals surface area contributed by atoms with E-state index in [9.17, 15) is 4.79 Å². The lowest BCUT2D eigenvalue weighted by Gasteiger charge is -2.21. The van der Waals surface area contributed by atoms with Crippen LogP contribution in [0.3, 0.4) is 0 Å². The van der Waals surface area contributed by atoms with Gasteiger partial charge in [-0.05, 0) is 12.8 Å². The Kier molecular flexibility index (Phi) is 3.32. The van der Waals surface area contributed by atoms with E-state index in [-0.39, 0.29) is 18.8 Å². The van der Waals surface area contributed by atoms with Crippen molar-refractivity contribution in [3.05, 3.63) is 0 Å². The van der Waals surface area contributed by atoms with E-state index in [1.807, 2.05) is 0 Å². The second-order valence-corrected chi connectivity index (χ2v) is 2.50. The molecule has 1 N–H and O–H groups in total. The zero-order chi connectivity index (χ0) is 8.10. The van der Waals surface area contributed by atoms with E-state index >= 15 is 0 Å². The zero-order valence-corrected chi connectivity index (χ0v) is 6.63. The average molecular weight is 159 g/mol. The summed E-state index contributed by atoms with van der Waals surface area (Å²) in [5.74, 6) is -0.0201. The standard InChI is InChI=1S/C7H13NO3/c1-10-5-11-6-3-2-4-8-7(6)9/h6H,2-5H2,1H3,(H,8,9)/t6-/m1/s1. The van der Waals surface area contributed by atoms with Gasteiger partial charge in [-0.3, -0.25) is 4.79 Å². The van der Waals surface area contributed by atoms with E-state index in [4.69, 9.17) is 9.47 Å². The van der Waals surface area contributed by atoms with Gasteiger partial charge in [0.05, 0.1) is 0 Å². The van der Waals surface area contributed by atoms with Gasteiger partial charge in [-0.2, -0.15) is 0 Å². The third-order valence-electron chi connectivity index (χ3n) is 1.62. The highest BCUT2D eigenvalue weighted by Crippen LogP contribution is 2.06. The van der Waals surface area contributed by atoms with Gasteiger partial charge in [0.2, 0.25) is 5.91 Å². The highest BCUT2D eigenvalue weighted by atomic mass is 16.7. The van der Waals surface area contributed by atoms with Gasteiger partial charge in [-0.15, -0.1) is 0 Å². The van der Waals surface area contributed by atoms with Gasteiger partial charge >= 0.3 is 0 Å². The number of hydrogen-bond acceptors (Lipinski definition) is 3. The van der Waals surface area contributed by atoms with Crippen molar-refractivity contribution in [2.45, 2.75) is 18.9 Å². The second-order valence-electron chi connectivity index (χ2n) is 2.50. The molecule has 0 unspecified atom stereocenters. The molecular formula is C7H13NO3. The maximum absolute atomic E-state index is 11.0. The first-order valence-corrected chi connectivity index (χ1v) is 3.73. The Morgan fingerprint density at radius 1 is 1.73 bits per heavy atom. The number of hydrogen-bond donors (Lipinski definition) is 1. The number of carbonyl (C=O) groups excluding carboxylic acids is 1. The molecule has 0 aromatic heterocycles. The number of methoxy groups -OCH3 is 1. The van der Waals surface area contributed by atoms with Crippen LogP contribution in [-0.2, 0) is 14.3 Å². The molecule has 0 aromatic carbocycles. The lowest BCUT2D eigenvalue weighted by atomic mass is 10.1. The number of nitrogens with one attached hydrogen (secondary N) is 1. The van der Waals surface area contributed by atoms with Gasteiger partial charge in [-0.25, -0.2) is 0 Å². The maximum Gasteiger partial charge on any atom is 0.249 e. The highest BCUT2D eigenvalue weighted by Gasteiger charge is 2.21. The lowest BCUT2D eigenvalue weighted by molar-refractivity contribution is -0.144. The van der Waals surface area contributed by atoms with Crippen LogP contribution in [0.4, 0.5) is 0 Å². The molecule has 4 nitrogen and oxygen atoms in total. The van der Waals surface area contributed by atoms with Crippen LogP contribution in [0.2, 0.25) is 0 Å². The van der Waals surface area contributed by atoms with Gasteiger partial charge in [-0.1, -0.05) is 0 Å². The molecule has 1 saturated heterocycles. The van der Waals surface area contributed by atoms with Crippen molar-refractivity contribution in [1.29, 1.82) is 0 Å². The molecule has 1 amide bonds. The van der Waals surface area contributed by atoms with E-state index in [0.29, 0.717) is 0 Å². The molecule has 1 fully saturated rings. The minimum atomic E-state index is -0.302. The van der Waals surface area contributed by atoms with Gasteiger partial charge in [0.25, 0.3) is 0 Å². The number of carbonyl (C=O) groups is 1. The molecule has 1 aliphatic heterocycles. The van der Waals surface area contributed by atoms with E-state index in [1.165, 1.54) is 0 Å². The molecule has 0 bridgehead atoms. The molecule has 4 heteroatoms. The van der Waals surface area contributed by atoms with Crippen LogP contribution in [0.15, 0.2) is 0 Å². The number of piperidine rings is 1. The van der Waals surface area contributed by atoms with E-state index in [1.54, 1.807) is 7.11 Å². The second kappa shape index (κ2) is 4.31. The molecular weight excluding hydrogens is 146 g/mol. The number of amides is 1. The Morgan fingerprint density at radius 3 is 3.18 bits per heavy atom. The van der Waals surface area contributed by atoms with Crippen molar-refractivity contribution >= 4 is 5.91 Å². The predicted molar refractivity (Wildman–Crippen MR) is 39.0 cm³/mol. The summed E-state index contributed by atoms with van der Waals surface area (Å²) < 4.78 is 9.80. The Balaban J connectivity index is 2.24. The van der Waals surface area contributed by atoms with E-state index < -0.39 is 0 Å². The van der Waals surface area contributed by atoms with Gasteiger partial charge in [0.15, 0.2) is 0 Å². The van der Waals surface area contributed by atoms with Crippen LogP contribution >= 0.6 is 0 Å². The Hall–Kier alpha value is -0.610. The summed E-state index contributed by atoms with van der Waals surface area (Å²) in [6.07, 6.45) is 1.48. The molecule has 0 saturated carbocycles. The average Bonchev–Trinajstić information content (AvgIpc) is 2.03. The summed E-state index contributed by atoms with van der Waals surface area (Å²) >= 11 is 0. The summed E-state index contributed by atoms with van der Waals surface area (Å²) in [7, 11) is 1.54. The predicted octanol–water partition coefficient (Wildman–Crippen LogP) is -0.114. The summed E-state index contributed by atoms with van der Waals surface area (Å²) in [5, 5.41) is 2.72. The van der Waals surface area contributed by atoms with Crippen LogP contribution in [-0.4, -0.2) is 32.5 Å². The molecule has 1 heterocycles. The largest absolute Gasteiger partial charge is 0.359 e. The lowest BCUT2D eigenvalue weighted by Crippen LogP contribution is -2.41. The first-order chi connectivity index (χ1) is 5.34. The summed E-state index contributed by atoms with van der Waals surface area (Å²) in [5.41, 5.74) is 0. The van der Waals surface area contributed by atoms with Crippen LogP contribution < -0.4 is 5.32 Å². The molecule has 0 aromatic rings. The maximum atomic E-state index is 11.0. The van der Waals surface area contributed by atoms with E-state index in [2.05, 4.69) is 5.32 Å². The first kappa shape index (κ1) is 8.49. The van der Waals surface area contributed by atoms with Gasteiger partial charge < -0.3 is 14.8 Å². The van der Waals surface area contributed by atoms with Crippen molar-refractivity contribution in [2.24, 2.45) is 0 Å². The fourth-order valence-corrected chi connectivity index (χ4v) is 1.05. The van der Waals surface area contributed by atoms with E-state index in [0.717, 1.165) is 19.4 Å². The Morgan fingerprint density at radius 2 is 2.55 bits per heavy atom. The van der Waals surface area contributed by atoms with Crippen molar-refractivity contribution in [3.63, 3.8) is 0 Å². The molecule has 1 aliphatic rings. The summed E-state index contributed by atoms with van der Waals surface area (Å²) in [4.78, 5) is 11.0. The van der Waals surface area contributed by atoms with Crippen molar-refractivity contribution in [1.82, 2.24) is 5.32 Å². The van der Waals surface area contributed by atoms with Crippen molar-refractivity contribution in [3.8, 4) is 0 Å². The van der Waals surface area contributed by atoms with Gasteiger partial charge in [0.1, 0.15) is 12.9 Å². The molecule has 0 spiro atoms. The highest BCUT2D eigenvalue weighted by molar-refractivity contribution is 5.81. The van der Waals surface area contributed by atoms with Crippen molar-refractivity contribution in [2.75, 3.05) is 20.4 Å². The number of rotatable bonds is 3. The van der Waals surface area contributed by atoms with Crippen LogP contribution in [0.25, 0.3) is 0 Å². The first-order valence-electron chi connectivity index (χ1n) is 3.73.